The van der Waals surface area contributed by atoms with Crippen molar-refractivity contribution in [1.82, 2.24) is 5.32 Å². The van der Waals surface area contributed by atoms with Crippen LogP contribution in [0.4, 0.5) is 4.39 Å². The van der Waals surface area contributed by atoms with Gasteiger partial charge in [-0.3, -0.25) is 9.59 Å². The zero-order valence-electron chi connectivity index (χ0n) is 14.3. The number of halogens is 1. The lowest BCUT2D eigenvalue weighted by molar-refractivity contribution is -0.138. The molecule has 0 aliphatic carbocycles. The number of carboxylic acid groups (broad SMARTS) is 1. The Kier molecular flexibility index (Phi) is 7.47. The van der Waals surface area contributed by atoms with Gasteiger partial charge < -0.3 is 15.2 Å². The third-order valence-electron chi connectivity index (χ3n) is 3.73. The van der Waals surface area contributed by atoms with Crippen LogP contribution in [0, 0.1) is 5.82 Å². The number of carbonyl (C=O) groups is 2. The summed E-state index contributed by atoms with van der Waals surface area (Å²) in [4.78, 5) is 24.4. The molecule has 0 aliphatic rings. The molecule has 0 bridgehead atoms. The maximum Gasteiger partial charge on any atom is 0.312 e. The molecule has 2 rings (SSSR count). The van der Waals surface area contributed by atoms with Gasteiger partial charge in [0.05, 0.1) is 13.0 Å². The van der Waals surface area contributed by atoms with Gasteiger partial charge in [-0.15, -0.1) is 11.8 Å². The van der Waals surface area contributed by atoms with Crippen LogP contribution in [0.25, 0.3) is 0 Å². The van der Waals surface area contributed by atoms with Gasteiger partial charge in [0.15, 0.2) is 0 Å². The molecule has 2 aromatic rings. The Labute approximate surface area is 155 Å². The molecule has 1 atom stereocenters. The minimum atomic E-state index is -1.07. The number of carboxylic acids is 1. The number of ether oxygens (including phenoxy) is 1. The Morgan fingerprint density at radius 2 is 1.81 bits per heavy atom. The summed E-state index contributed by atoms with van der Waals surface area (Å²) in [6.45, 7) is -0.0347. The molecule has 26 heavy (non-hydrogen) atoms. The summed E-state index contributed by atoms with van der Waals surface area (Å²) < 4.78 is 18.0. The molecule has 7 heteroatoms. The number of hydrogen-bond donors (Lipinski definition) is 2. The third kappa shape index (κ3) is 6.07. The number of benzene rings is 2. The lowest BCUT2D eigenvalue weighted by Gasteiger charge is -2.14. The maximum atomic E-state index is 13.0. The standard InChI is InChI=1S/C19H20FNO4S/c1-25-15-6-8-16(9-7-15)26-11-10-18(22)21-12-17(19(23)24)13-2-4-14(20)5-3-13/h2-9,17H,10-12H2,1H3,(H,21,22)(H,23,24). The Morgan fingerprint density at radius 3 is 2.38 bits per heavy atom. The van der Waals surface area contributed by atoms with E-state index in [0.29, 0.717) is 11.3 Å². The molecule has 5 nitrogen and oxygen atoms in total. The summed E-state index contributed by atoms with van der Waals surface area (Å²) >= 11 is 1.53. The minimum Gasteiger partial charge on any atom is -0.497 e. The van der Waals surface area contributed by atoms with Gasteiger partial charge in [-0.1, -0.05) is 12.1 Å². The van der Waals surface area contributed by atoms with Crippen molar-refractivity contribution in [2.24, 2.45) is 0 Å². The van der Waals surface area contributed by atoms with Crippen LogP contribution in [-0.2, 0) is 9.59 Å². The van der Waals surface area contributed by atoms with E-state index >= 15 is 0 Å². The van der Waals surface area contributed by atoms with E-state index in [0.717, 1.165) is 10.6 Å². The molecule has 138 valence electrons. The quantitative estimate of drug-likeness (QED) is 0.656. The first-order chi connectivity index (χ1) is 12.5. The number of rotatable bonds is 9. The Morgan fingerprint density at radius 1 is 1.15 bits per heavy atom. The zero-order chi connectivity index (χ0) is 18.9. The number of carbonyl (C=O) groups excluding carboxylic acids is 1. The van der Waals surface area contributed by atoms with Crippen molar-refractivity contribution in [3.05, 3.63) is 59.9 Å². The van der Waals surface area contributed by atoms with Gasteiger partial charge in [-0.2, -0.15) is 0 Å². The first-order valence-corrected chi connectivity index (χ1v) is 9.00. The predicted molar refractivity (Wildman–Crippen MR) is 98.1 cm³/mol. The molecule has 0 aromatic heterocycles. The van der Waals surface area contributed by atoms with Crippen molar-refractivity contribution in [2.45, 2.75) is 17.2 Å². The van der Waals surface area contributed by atoms with Crippen LogP contribution in [0.1, 0.15) is 17.9 Å². The molecule has 0 saturated carbocycles. The van der Waals surface area contributed by atoms with Gasteiger partial charge in [0.1, 0.15) is 11.6 Å². The van der Waals surface area contributed by atoms with Crippen molar-refractivity contribution < 1.29 is 23.8 Å². The highest BCUT2D eigenvalue weighted by atomic mass is 32.2. The minimum absolute atomic E-state index is 0.0347. The molecule has 2 aromatic carbocycles. The van der Waals surface area contributed by atoms with Crippen LogP contribution in [-0.4, -0.2) is 36.4 Å². The summed E-state index contributed by atoms with van der Waals surface area (Å²) in [6.07, 6.45) is 0.270. The van der Waals surface area contributed by atoms with E-state index in [2.05, 4.69) is 5.32 Å². The van der Waals surface area contributed by atoms with Crippen molar-refractivity contribution in [2.75, 3.05) is 19.4 Å². The Hall–Kier alpha value is -2.54. The van der Waals surface area contributed by atoms with Gasteiger partial charge in [0.2, 0.25) is 5.91 Å². The number of aliphatic carboxylic acids is 1. The highest BCUT2D eigenvalue weighted by Gasteiger charge is 2.20. The molecule has 2 N–H and O–H groups in total. The number of methoxy groups -OCH3 is 1. The molecule has 0 aliphatic heterocycles. The molecule has 0 heterocycles. The lowest BCUT2D eigenvalue weighted by Crippen LogP contribution is -2.31. The van der Waals surface area contributed by atoms with Crippen molar-refractivity contribution >= 4 is 23.6 Å². The van der Waals surface area contributed by atoms with Gasteiger partial charge >= 0.3 is 5.97 Å². The average Bonchev–Trinajstić information content (AvgIpc) is 2.63. The molecule has 0 fully saturated rings. The largest absolute Gasteiger partial charge is 0.497 e. The molecule has 1 unspecified atom stereocenters. The highest BCUT2D eigenvalue weighted by molar-refractivity contribution is 7.99. The van der Waals surface area contributed by atoms with E-state index in [1.165, 1.54) is 36.0 Å². The van der Waals surface area contributed by atoms with E-state index in [4.69, 9.17) is 4.74 Å². The SMILES string of the molecule is COc1ccc(SCCC(=O)NCC(C(=O)O)c2ccc(F)cc2)cc1. The van der Waals surface area contributed by atoms with Gasteiger partial charge in [-0.05, 0) is 42.0 Å². The highest BCUT2D eigenvalue weighted by Crippen LogP contribution is 2.22. The van der Waals surface area contributed by atoms with Gasteiger partial charge in [0, 0.05) is 23.6 Å². The van der Waals surface area contributed by atoms with E-state index in [9.17, 15) is 19.1 Å². The van der Waals surface area contributed by atoms with Crippen molar-refractivity contribution in [3.63, 3.8) is 0 Å². The van der Waals surface area contributed by atoms with Crippen LogP contribution in [0.5, 0.6) is 5.75 Å². The van der Waals surface area contributed by atoms with Crippen molar-refractivity contribution in [3.8, 4) is 5.75 Å². The van der Waals surface area contributed by atoms with E-state index < -0.39 is 17.7 Å². The zero-order valence-corrected chi connectivity index (χ0v) is 15.1. The van der Waals surface area contributed by atoms with Crippen LogP contribution in [0.2, 0.25) is 0 Å². The van der Waals surface area contributed by atoms with E-state index in [-0.39, 0.29) is 18.9 Å². The normalized spacial score (nSPS) is 11.6. The fraction of sp³-hybridized carbons (Fsp3) is 0.263. The summed E-state index contributed by atoms with van der Waals surface area (Å²) in [6, 6.07) is 12.8. The number of thioether (sulfide) groups is 1. The predicted octanol–water partition coefficient (Wildman–Crippen LogP) is 3.30. The fourth-order valence-corrected chi connectivity index (χ4v) is 3.13. The Balaban J connectivity index is 1.78. The molecule has 1 amide bonds. The van der Waals surface area contributed by atoms with Gasteiger partial charge in [-0.25, -0.2) is 4.39 Å². The number of amides is 1. The second-order valence-electron chi connectivity index (χ2n) is 5.52. The lowest BCUT2D eigenvalue weighted by atomic mass is 9.99. The first kappa shape index (κ1) is 19.8. The summed E-state index contributed by atoms with van der Waals surface area (Å²) in [5.74, 6) is -1.28. The first-order valence-electron chi connectivity index (χ1n) is 8.01. The third-order valence-corrected chi connectivity index (χ3v) is 4.74. The molecular weight excluding hydrogens is 357 g/mol. The number of hydrogen-bond acceptors (Lipinski definition) is 4. The molecule has 0 spiro atoms. The van der Waals surface area contributed by atoms with Crippen LogP contribution >= 0.6 is 11.8 Å². The second kappa shape index (κ2) is 9.82. The smallest absolute Gasteiger partial charge is 0.312 e. The number of nitrogens with one attached hydrogen (secondary N) is 1. The van der Waals surface area contributed by atoms with E-state index in [1.54, 1.807) is 7.11 Å². The molecule has 0 radical (unpaired) electrons. The summed E-state index contributed by atoms with van der Waals surface area (Å²) in [5, 5.41) is 12.0. The van der Waals surface area contributed by atoms with Crippen LogP contribution in [0.15, 0.2) is 53.4 Å². The Bertz CT molecular complexity index is 734. The van der Waals surface area contributed by atoms with Crippen molar-refractivity contribution in [1.29, 1.82) is 0 Å². The topological polar surface area (TPSA) is 75.6 Å². The summed E-state index contributed by atoms with van der Waals surface area (Å²) in [7, 11) is 1.60. The van der Waals surface area contributed by atoms with Crippen LogP contribution < -0.4 is 10.1 Å². The summed E-state index contributed by atoms with van der Waals surface area (Å²) in [5.41, 5.74) is 0.451. The van der Waals surface area contributed by atoms with E-state index in [1.807, 2.05) is 24.3 Å². The molecule has 0 saturated heterocycles. The van der Waals surface area contributed by atoms with Crippen LogP contribution in [0.3, 0.4) is 0 Å². The monoisotopic (exact) mass is 377 g/mol. The maximum absolute atomic E-state index is 13.0. The van der Waals surface area contributed by atoms with Gasteiger partial charge in [0.25, 0.3) is 0 Å². The average molecular weight is 377 g/mol. The fourth-order valence-electron chi connectivity index (χ4n) is 2.28. The second-order valence-corrected chi connectivity index (χ2v) is 6.69. The molecular formula is C19H20FNO4S.